The molecule has 1 aliphatic carbocycles. The second kappa shape index (κ2) is 3.52. The molecule has 1 aromatic heterocycles. The van der Waals surface area contributed by atoms with Gasteiger partial charge in [0.05, 0.1) is 0 Å². The summed E-state index contributed by atoms with van der Waals surface area (Å²) in [6, 6.07) is 5.37. The van der Waals surface area contributed by atoms with Gasteiger partial charge in [0.25, 0.3) is 0 Å². The van der Waals surface area contributed by atoms with Crippen molar-refractivity contribution in [2.24, 2.45) is 5.92 Å². The molecule has 0 bridgehead atoms. The molecule has 2 nitrogen and oxygen atoms in total. The Balaban J connectivity index is 2.04. The lowest BCUT2D eigenvalue weighted by atomic mass is 10.2. The van der Waals surface area contributed by atoms with E-state index in [0.29, 0.717) is 11.6 Å². The minimum absolute atomic E-state index is 0.00694. The summed E-state index contributed by atoms with van der Waals surface area (Å²) in [7, 11) is 0. The molecule has 0 atom stereocenters. The zero-order valence-corrected chi connectivity index (χ0v) is 7.31. The highest BCUT2D eigenvalue weighted by Gasteiger charge is 2.17. The number of carbonyl (C=O) groups is 1. The van der Waals surface area contributed by atoms with Gasteiger partial charge in [-0.05, 0) is 37.0 Å². The molecule has 0 unspecified atom stereocenters. The lowest BCUT2D eigenvalue weighted by Crippen LogP contribution is -1.96. The first-order chi connectivity index (χ1) is 6.36. The van der Waals surface area contributed by atoms with Crippen molar-refractivity contribution in [2.75, 3.05) is 0 Å². The van der Waals surface area contributed by atoms with Gasteiger partial charge in [-0.2, -0.15) is 0 Å². The fourth-order valence-electron chi connectivity index (χ4n) is 1.11. The molecule has 0 N–H and O–H groups in total. The summed E-state index contributed by atoms with van der Waals surface area (Å²) in [5, 5.41) is 0. The Hall–Kier alpha value is -1.44. The van der Waals surface area contributed by atoms with Crippen LogP contribution >= 0.6 is 0 Å². The van der Waals surface area contributed by atoms with E-state index in [-0.39, 0.29) is 5.78 Å². The van der Waals surface area contributed by atoms with Gasteiger partial charge >= 0.3 is 0 Å². The molecular formula is C11H11NO. The third-order valence-corrected chi connectivity index (χ3v) is 2.06. The topological polar surface area (TPSA) is 30.0 Å². The van der Waals surface area contributed by atoms with Gasteiger partial charge in [-0.1, -0.05) is 12.1 Å². The Morgan fingerprint density at radius 3 is 2.92 bits per heavy atom. The molecule has 2 rings (SSSR count). The van der Waals surface area contributed by atoms with Gasteiger partial charge in [0.15, 0.2) is 0 Å². The van der Waals surface area contributed by atoms with Gasteiger partial charge in [-0.3, -0.25) is 9.78 Å². The van der Waals surface area contributed by atoms with Crippen LogP contribution in [0.5, 0.6) is 0 Å². The fraction of sp³-hybridized carbons (Fsp3) is 0.273. The van der Waals surface area contributed by atoms with Crippen LogP contribution in [-0.2, 0) is 0 Å². The Bertz CT molecular complexity index is 325. The second-order valence-electron chi connectivity index (χ2n) is 3.28. The van der Waals surface area contributed by atoms with Gasteiger partial charge < -0.3 is 0 Å². The van der Waals surface area contributed by atoms with Crippen LogP contribution in [0.2, 0.25) is 0 Å². The number of carbonyl (C=O) groups excluding carboxylic acids is 1. The van der Waals surface area contributed by atoms with E-state index in [1.165, 1.54) is 12.8 Å². The number of hydrogen-bond donors (Lipinski definition) is 0. The molecule has 0 spiro atoms. The number of ketones is 1. The average Bonchev–Trinajstić information content (AvgIpc) is 2.99. The number of pyridine rings is 1. The number of nitrogens with zero attached hydrogens (tertiary/aromatic N) is 1. The van der Waals surface area contributed by atoms with Crippen molar-refractivity contribution in [2.45, 2.75) is 12.8 Å². The maximum absolute atomic E-state index is 11.4. The quantitative estimate of drug-likeness (QED) is 0.518. The zero-order chi connectivity index (χ0) is 9.10. The molecule has 0 aromatic carbocycles. The van der Waals surface area contributed by atoms with Crippen molar-refractivity contribution in [3.8, 4) is 0 Å². The summed E-state index contributed by atoms with van der Waals surface area (Å²) < 4.78 is 0. The van der Waals surface area contributed by atoms with Crippen molar-refractivity contribution in [3.05, 3.63) is 42.2 Å². The smallest absolute Gasteiger partial charge is 0.203 e. The molecule has 2 heteroatoms. The first-order valence-corrected chi connectivity index (χ1v) is 4.50. The highest BCUT2D eigenvalue weighted by Crippen LogP contribution is 2.30. The van der Waals surface area contributed by atoms with Crippen molar-refractivity contribution in [1.29, 1.82) is 0 Å². The monoisotopic (exact) mass is 173 g/mol. The molecule has 1 heterocycles. The summed E-state index contributed by atoms with van der Waals surface area (Å²) >= 11 is 0. The van der Waals surface area contributed by atoms with Gasteiger partial charge in [0, 0.05) is 6.20 Å². The lowest BCUT2D eigenvalue weighted by Gasteiger charge is -1.91. The summed E-state index contributed by atoms with van der Waals surface area (Å²) in [4.78, 5) is 15.4. The molecule has 1 aromatic rings. The molecule has 66 valence electrons. The molecule has 0 saturated heterocycles. The van der Waals surface area contributed by atoms with Crippen LogP contribution in [-0.4, -0.2) is 10.8 Å². The maximum Gasteiger partial charge on any atom is 0.203 e. The van der Waals surface area contributed by atoms with Gasteiger partial charge in [-0.25, -0.2) is 0 Å². The fourth-order valence-corrected chi connectivity index (χ4v) is 1.11. The Labute approximate surface area is 77.3 Å². The van der Waals surface area contributed by atoms with Crippen molar-refractivity contribution in [3.63, 3.8) is 0 Å². The SMILES string of the molecule is O=C(C=CC1CC1)c1ccccn1. The number of allylic oxidation sites excluding steroid dienone is 2. The largest absolute Gasteiger partial charge is 0.288 e. The van der Waals surface area contributed by atoms with Crippen LogP contribution in [0.1, 0.15) is 23.3 Å². The van der Waals surface area contributed by atoms with E-state index in [9.17, 15) is 4.79 Å². The Kier molecular flexibility index (Phi) is 2.21. The van der Waals surface area contributed by atoms with Gasteiger partial charge in [0.1, 0.15) is 5.69 Å². The normalized spacial score (nSPS) is 16.3. The predicted molar refractivity (Wildman–Crippen MR) is 50.4 cm³/mol. The van der Waals surface area contributed by atoms with Gasteiger partial charge in [-0.15, -0.1) is 0 Å². The number of hydrogen-bond acceptors (Lipinski definition) is 2. The highest BCUT2D eigenvalue weighted by atomic mass is 16.1. The molecule has 0 aliphatic heterocycles. The van der Waals surface area contributed by atoms with E-state index in [4.69, 9.17) is 0 Å². The zero-order valence-electron chi connectivity index (χ0n) is 7.31. The highest BCUT2D eigenvalue weighted by molar-refractivity contribution is 6.02. The molecule has 1 aliphatic rings. The van der Waals surface area contributed by atoms with Crippen molar-refractivity contribution >= 4 is 5.78 Å². The predicted octanol–water partition coefficient (Wildman–Crippen LogP) is 2.23. The standard InChI is InChI=1S/C11H11NO/c13-11(7-6-9-4-5-9)10-3-1-2-8-12-10/h1-3,6-9H,4-5H2. The third kappa shape index (κ3) is 2.25. The van der Waals surface area contributed by atoms with Crippen LogP contribution in [0.4, 0.5) is 0 Å². The first kappa shape index (κ1) is 8.17. The van der Waals surface area contributed by atoms with E-state index < -0.39 is 0 Å². The molecule has 0 radical (unpaired) electrons. The number of rotatable bonds is 3. The van der Waals surface area contributed by atoms with Crippen molar-refractivity contribution in [1.82, 2.24) is 4.98 Å². The van der Waals surface area contributed by atoms with Crippen molar-refractivity contribution < 1.29 is 4.79 Å². The summed E-state index contributed by atoms with van der Waals surface area (Å²) in [5.41, 5.74) is 0.527. The lowest BCUT2D eigenvalue weighted by molar-refractivity contribution is 0.104. The van der Waals surface area contributed by atoms with E-state index in [1.807, 2.05) is 12.1 Å². The Morgan fingerprint density at radius 2 is 2.31 bits per heavy atom. The molecule has 0 amide bonds. The molecular weight excluding hydrogens is 162 g/mol. The minimum Gasteiger partial charge on any atom is -0.288 e. The van der Waals surface area contributed by atoms with Crippen LogP contribution in [0.3, 0.4) is 0 Å². The minimum atomic E-state index is 0.00694. The first-order valence-electron chi connectivity index (χ1n) is 4.50. The van der Waals surface area contributed by atoms with E-state index in [2.05, 4.69) is 4.98 Å². The van der Waals surface area contributed by atoms with Crippen LogP contribution in [0.25, 0.3) is 0 Å². The summed E-state index contributed by atoms with van der Waals surface area (Å²) in [5.74, 6) is 0.653. The van der Waals surface area contributed by atoms with Crippen LogP contribution in [0.15, 0.2) is 36.5 Å². The number of aromatic nitrogens is 1. The maximum atomic E-state index is 11.4. The summed E-state index contributed by atoms with van der Waals surface area (Å²) in [6.45, 7) is 0. The van der Waals surface area contributed by atoms with E-state index in [1.54, 1.807) is 24.4 Å². The van der Waals surface area contributed by atoms with Crippen LogP contribution in [0, 0.1) is 5.92 Å². The molecule has 1 saturated carbocycles. The third-order valence-electron chi connectivity index (χ3n) is 2.06. The van der Waals surface area contributed by atoms with E-state index >= 15 is 0 Å². The summed E-state index contributed by atoms with van der Waals surface area (Å²) in [6.07, 6.45) is 7.72. The molecule has 1 fully saturated rings. The van der Waals surface area contributed by atoms with E-state index in [0.717, 1.165) is 0 Å². The van der Waals surface area contributed by atoms with Gasteiger partial charge in [0.2, 0.25) is 5.78 Å². The Morgan fingerprint density at radius 1 is 1.46 bits per heavy atom. The van der Waals surface area contributed by atoms with Crippen LogP contribution < -0.4 is 0 Å². The second-order valence-corrected chi connectivity index (χ2v) is 3.28. The average molecular weight is 173 g/mol. The molecule has 13 heavy (non-hydrogen) atoms.